The van der Waals surface area contributed by atoms with E-state index in [1.807, 2.05) is 0 Å². The van der Waals surface area contributed by atoms with Gasteiger partial charge in [-0.25, -0.2) is 0 Å². The summed E-state index contributed by atoms with van der Waals surface area (Å²) in [6.45, 7) is 0. The molecule has 0 atom stereocenters. The van der Waals surface area contributed by atoms with Crippen molar-refractivity contribution in [2.75, 3.05) is 0 Å². The maximum absolute atomic E-state index is 8.03. The van der Waals surface area contributed by atoms with E-state index in [4.69, 9.17) is 5.26 Å². The van der Waals surface area contributed by atoms with Crippen molar-refractivity contribution >= 4 is 0 Å². The minimum atomic E-state index is 1.31. The maximum Gasteiger partial charge on any atom is 0.227 e. The Hall–Kier alpha value is -17.9. The van der Waals surface area contributed by atoms with Crippen LogP contribution in [-0.4, -0.2) is 0 Å². The van der Waals surface area contributed by atoms with Gasteiger partial charge in [0.15, 0.2) is 0 Å². The van der Waals surface area contributed by atoms with Gasteiger partial charge in [0.25, 0.3) is 0 Å². The molecule has 0 radical (unpaired) electrons. The molecule has 0 amide bonds. The standard InChI is InChI=1S/CH2N88/c2-1-4-6-8-10-12-14-16-18-20-22-24-26-28-30-32-34-36-38-40-42-44-46-48-50-52-54-56-58-60-62-64-66-68-70-72-74-76-78-80-82-84-86-88-89-87-85-83-81-79-77-75-73-71-69-67-65-63-61-59-57-55-53-51-49-47-45-43-41-39-37-35-33-31-29-27-25-23-21-19-17-15-13-11-9-7-5-3/h(H2,3,4,7,8,11,12,15,16,19,20,23,24,27,28,31,32,35,36,39,40,43,44,47,48,51,52,55,56,59,60,63,64,67,68,71,72,75,76,79,80,83,84,87,88). The van der Waals surface area contributed by atoms with Gasteiger partial charge in [0.05, 0.1) is 0 Å². The van der Waals surface area contributed by atoms with Gasteiger partial charge in [-0.3, -0.25) is 0 Å². The third kappa shape index (κ3) is 70.1. The highest BCUT2D eigenvalue weighted by molar-refractivity contribution is 4.56. The Bertz CT molecular complexity index is 3270. The number of nitriles is 1. The Labute approximate surface area is 466 Å². The highest BCUT2D eigenvalue weighted by Crippen LogP contribution is 1.97. The minimum Gasteiger partial charge on any atom is -0.303 e. The number of hydrogen-bond donors (Lipinski definition) is 1. The molecule has 0 aliphatic heterocycles. The Morgan fingerprint density at radius 3 is 0.247 bits per heavy atom. The highest BCUT2D eigenvalue weighted by atomic mass is 15.8. The Morgan fingerprint density at radius 2 is 0.180 bits per heavy atom. The first-order valence-electron chi connectivity index (χ1n) is 17.7. The van der Waals surface area contributed by atoms with Gasteiger partial charge in [0.1, 0.15) is 0 Å². The average Bonchev–Trinajstić information content (AvgIpc) is 3.54. The summed E-state index contributed by atoms with van der Waals surface area (Å²) >= 11 is 0. The first-order valence-corrected chi connectivity index (χ1v) is 17.7. The predicted octanol–water partition coefficient (Wildman–Crippen LogP) is 15.2. The molecule has 0 aromatic rings. The van der Waals surface area contributed by atoms with Crippen LogP contribution in [0, 0.1) is 11.5 Å². The van der Waals surface area contributed by atoms with Crippen LogP contribution in [0.1, 0.15) is 0 Å². The topological polar surface area (TPSA) is 1110 Å². The lowest BCUT2D eigenvalue weighted by Gasteiger charge is -1.71. The molecule has 0 saturated carbocycles. The molecule has 0 rings (SSSR count). The van der Waals surface area contributed by atoms with Gasteiger partial charge in [-0.1, -0.05) is 5.22 Å². The molecule has 0 aliphatic carbocycles. The first-order chi connectivity index (χ1) is 44.4. The van der Waals surface area contributed by atoms with Crippen molar-refractivity contribution in [1.82, 2.24) is 0 Å². The fraction of sp³-hybridized carbons (Fsp3) is 0. The average molecular weight is 1250 g/mol. The number of nitrogens with zero attached hydrogens (tertiary/aromatic N) is 87. The normalized spacial score (nSPS) is 15.5. The Morgan fingerprint density at radius 1 is 0.112 bits per heavy atom. The van der Waals surface area contributed by atoms with E-state index in [1.165, 1.54) is 6.19 Å². The number of hydrogen-bond acceptors (Lipinski definition) is 3. The quantitative estimate of drug-likeness (QED) is 0.0269. The zero-order valence-corrected chi connectivity index (χ0v) is 40.0. The highest BCUT2D eigenvalue weighted by Gasteiger charge is 1.79. The largest absolute Gasteiger partial charge is 0.303 e. The van der Waals surface area contributed by atoms with E-state index in [0.29, 0.717) is 0 Å². The second kappa shape index (κ2) is 70.1. The van der Waals surface area contributed by atoms with Crippen molar-refractivity contribution in [3.63, 3.8) is 0 Å². The molecule has 0 fully saturated rings. The van der Waals surface area contributed by atoms with E-state index in [0.717, 1.165) is 0 Å². The molecule has 0 aromatic heterocycles. The fourth-order valence-electron chi connectivity index (χ4n) is 1.53. The molecule has 0 saturated heterocycles. The summed E-state index contributed by atoms with van der Waals surface area (Å²) in [7, 11) is 0. The van der Waals surface area contributed by atoms with E-state index in [1.54, 1.807) is 0 Å². The van der Waals surface area contributed by atoms with Crippen molar-refractivity contribution in [3.8, 4) is 6.19 Å². The van der Waals surface area contributed by atoms with Crippen LogP contribution in [0.4, 0.5) is 0 Å². The lowest BCUT2D eigenvalue weighted by atomic mass is 11.5. The first kappa shape index (κ1) is 71.1. The van der Waals surface area contributed by atoms with Crippen LogP contribution in [0.2, 0.25) is 0 Å². The summed E-state index contributed by atoms with van der Waals surface area (Å²) in [4.78, 5) is 0. The van der Waals surface area contributed by atoms with Gasteiger partial charge in [-0.2, -0.15) is 5.26 Å². The second-order valence-corrected chi connectivity index (χ2v) is 7.83. The van der Waals surface area contributed by atoms with Gasteiger partial charge < -0.3 is 5.84 Å². The van der Waals surface area contributed by atoms with Crippen molar-refractivity contribution in [2.45, 2.75) is 0 Å². The van der Waals surface area contributed by atoms with Gasteiger partial charge in [-0.15, -0.1) is 0 Å². The van der Waals surface area contributed by atoms with Crippen molar-refractivity contribution in [1.29, 1.82) is 5.26 Å². The van der Waals surface area contributed by atoms with Gasteiger partial charge in [0, 0.05) is 360 Å². The van der Waals surface area contributed by atoms with E-state index >= 15 is 0 Å². The molecule has 2 N–H and O–H groups in total. The summed E-state index contributed by atoms with van der Waals surface area (Å²) in [6.07, 6.45) is 1.31. The number of nitrogens with two attached hydrogens (primary N) is 1. The third-order valence-electron chi connectivity index (χ3n) is 3.46. The smallest absolute Gasteiger partial charge is 0.227 e. The van der Waals surface area contributed by atoms with Crippen molar-refractivity contribution in [2.24, 2.45) is 455 Å². The third-order valence-corrected chi connectivity index (χ3v) is 3.46. The molecule has 0 unspecified atom stereocenters. The zero-order valence-electron chi connectivity index (χ0n) is 40.0. The minimum absolute atomic E-state index is 1.31. The van der Waals surface area contributed by atoms with Crippen LogP contribution in [0.5, 0.6) is 0 Å². The van der Waals surface area contributed by atoms with Crippen LogP contribution < -0.4 is 5.84 Å². The predicted molar refractivity (Wildman–Crippen MR) is 219 cm³/mol. The summed E-state index contributed by atoms with van der Waals surface area (Å²) in [6, 6.07) is 0. The van der Waals surface area contributed by atoms with Crippen LogP contribution in [0.15, 0.2) is 449 Å². The molecule has 446 valence electrons. The second-order valence-electron chi connectivity index (χ2n) is 7.83. The Kier molecular flexibility index (Phi) is 56.0. The zero-order chi connectivity index (χ0) is 63.5. The van der Waals surface area contributed by atoms with E-state index < -0.39 is 0 Å². The van der Waals surface area contributed by atoms with Crippen LogP contribution in [-0.2, 0) is 0 Å². The number of rotatable bonds is 42. The molecular weight excluding hydrogens is 1240 g/mol. The van der Waals surface area contributed by atoms with Crippen LogP contribution in [0.3, 0.4) is 0 Å². The molecule has 0 aromatic carbocycles. The van der Waals surface area contributed by atoms with E-state index in [9.17, 15) is 0 Å². The van der Waals surface area contributed by atoms with Crippen molar-refractivity contribution in [3.05, 3.63) is 0 Å². The van der Waals surface area contributed by atoms with E-state index in [-0.39, 0.29) is 0 Å². The Balaban J connectivity index is 4.11. The van der Waals surface area contributed by atoms with E-state index in [2.05, 4.69) is 455 Å². The van der Waals surface area contributed by atoms with Gasteiger partial charge >= 0.3 is 0 Å². The van der Waals surface area contributed by atoms with Crippen LogP contribution in [0.25, 0.3) is 0 Å². The van der Waals surface area contributed by atoms with Crippen molar-refractivity contribution < 1.29 is 0 Å². The lowest BCUT2D eigenvalue weighted by Crippen LogP contribution is -1.70. The molecular formula is CH2N88. The molecule has 88 nitrogen and oxygen atoms in total. The summed E-state index contributed by atoms with van der Waals surface area (Å²) in [5, 5.41) is 265. The molecule has 0 spiro atoms. The monoisotopic (exact) mass is 1250 g/mol. The SMILES string of the molecule is N#CN=N/N=N/N=N/N=N/N=N/N=N/N=N/N=N/N=N/N=N/N=N/N=N/N=N/N=N/N=N/N=N/N=N/N=N/N=N/N=N/N=N/N=N/N=N/N=N/N=N/N=N/N=N/N=N/N=N/N=N/N=N/N=N/N=N/N=N/N=N/N=N/N=N/N=N/N=N/N=N/N=N/N=N/N=N/N. The van der Waals surface area contributed by atoms with Gasteiger partial charge in [0.2, 0.25) is 6.19 Å². The maximum atomic E-state index is 8.03. The lowest BCUT2D eigenvalue weighted by molar-refractivity contribution is 0.723. The molecule has 89 heavy (non-hydrogen) atoms. The summed E-state index contributed by atoms with van der Waals surface area (Å²) in [5.41, 5.74) is 0. The molecule has 88 heteroatoms. The molecule has 0 heterocycles. The van der Waals surface area contributed by atoms with Gasteiger partial charge in [-0.05, 0) is 83.5 Å². The fourth-order valence-corrected chi connectivity index (χ4v) is 1.53. The molecule has 0 aliphatic rings. The van der Waals surface area contributed by atoms with Crippen LogP contribution >= 0.6 is 0 Å². The summed E-state index contributed by atoms with van der Waals surface area (Å²) < 4.78 is 0. The molecule has 0 bridgehead atoms. The summed E-state index contributed by atoms with van der Waals surface area (Å²) in [5.74, 6) is 4.63.